The lowest BCUT2D eigenvalue weighted by atomic mass is 10.1. The van der Waals surface area contributed by atoms with Gasteiger partial charge in [0.25, 0.3) is 0 Å². The Morgan fingerprint density at radius 3 is 3.12 bits per heavy atom. The van der Waals surface area contributed by atoms with Crippen LogP contribution in [0.1, 0.15) is 18.9 Å². The van der Waals surface area contributed by atoms with E-state index in [1.54, 1.807) is 6.20 Å². The molecule has 1 atom stereocenters. The van der Waals surface area contributed by atoms with E-state index in [1.165, 1.54) is 12.8 Å². The van der Waals surface area contributed by atoms with Crippen LogP contribution in [-0.4, -0.2) is 27.9 Å². The fourth-order valence-corrected chi connectivity index (χ4v) is 2.27. The summed E-state index contributed by atoms with van der Waals surface area (Å²) in [7, 11) is 0. The van der Waals surface area contributed by atoms with Crippen LogP contribution < -0.4 is 5.32 Å². The molecule has 1 N–H and O–H groups in total. The molecule has 1 fully saturated rings. The lowest BCUT2D eigenvalue weighted by molar-refractivity contribution is 0.347. The van der Waals surface area contributed by atoms with Crippen molar-refractivity contribution in [1.29, 1.82) is 0 Å². The van der Waals surface area contributed by atoms with Gasteiger partial charge in [-0.3, -0.25) is 9.67 Å². The van der Waals surface area contributed by atoms with Gasteiger partial charge in [0.15, 0.2) is 0 Å². The summed E-state index contributed by atoms with van der Waals surface area (Å²) in [6.45, 7) is 2.15. The van der Waals surface area contributed by atoms with Crippen molar-refractivity contribution in [3.8, 4) is 11.3 Å². The maximum absolute atomic E-state index is 4.64. The first-order valence-corrected chi connectivity index (χ1v) is 6.10. The highest BCUT2D eigenvalue weighted by Crippen LogP contribution is 2.20. The molecule has 17 heavy (non-hydrogen) atoms. The summed E-state index contributed by atoms with van der Waals surface area (Å²) < 4.78 is 2.08. The highest BCUT2D eigenvalue weighted by atomic mass is 15.3. The Morgan fingerprint density at radius 2 is 2.35 bits per heavy atom. The second kappa shape index (κ2) is 4.67. The summed E-state index contributed by atoms with van der Waals surface area (Å²) in [5.41, 5.74) is 2.08. The molecule has 0 spiro atoms. The van der Waals surface area contributed by atoms with E-state index in [4.69, 9.17) is 0 Å². The number of nitrogens with zero attached hydrogens (tertiary/aromatic N) is 3. The van der Waals surface area contributed by atoms with Crippen LogP contribution in [0, 0.1) is 0 Å². The van der Waals surface area contributed by atoms with Crippen molar-refractivity contribution in [2.75, 3.05) is 13.1 Å². The molecule has 0 radical (unpaired) electrons. The van der Waals surface area contributed by atoms with E-state index < -0.39 is 0 Å². The fourth-order valence-electron chi connectivity index (χ4n) is 2.27. The Morgan fingerprint density at radius 1 is 1.35 bits per heavy atom. The highest BCUT2D eigenvalue weighted by Gasteiger charge is 2.15. The fraction of sp³-hybridized carbons (Fsp3) is 0.385. The number of rotatable bonds is 2. The van der Waals surface area contributed by atoms with E-state index in [-0.39, 0.29) is 0 Å². The average molecular weight is 228 g/mol. The van der Waals surface area contributed by atoms with Gasteiger partial charge in [0.2, 0.25) is 0 Å². The number of aromatic nitrogens is 3. The number of hydrogen-bond donors (Lipinski definition) is 1. The molecule has 3 heterocycles. The van der Waals surface area contributed by atoms with Crippen LogP contribution in [-0.2, 0) is 0 Å². The van der Waals surface area contributed by atoms with Crippen LogP contribution in [0.4, 0.5) is 0 Å². The molecular weight excluding hydrogens is 212 g/mol. The molecule has 0 saturated carbocycles. The standard InChI is InChI=1S/C13H16N4/c1-3-11(9-14-6-1)13-5-8-17(16-13)12-4-2-7-15-10-12/h1,3,5-6,8-9,12,15H,2,4,7,10H2. The summed E-state index contributed by atoms with van der Waals surface area (Å²) >= 11 is 0. The predicted octanol–water partition coefficient (Wildman–Crippen LogP) is 1.87. The van der Waals surface area contributed by atoms with Gasteiger partial charge in [0.1, 0.15) is 0 Å². The van der Waals surface area contributed by atoms with Gasteiger partial charge >= 0.3 is 0 Å². The van der Waals surface area contributed by atoms with Gasteiger partial charge in [0, 0.05) is 30.7 Å². The molecule has 1 aliphatic rings. The summed E-state index contributed by atoms with van der Waals surface area (Å²) in [5.74, 6) is 0. The number of nitrogens with one attached hydrogen (secondary N) is 1. The Bertz CT molecular complexity index is 471. The average Bonchev–Trinajstić information content (AvgIpc) is 2.90. The van der Waals surface area contributed by atoms with Gasteiger partial charge in [-0.25, -0.2) is 0 Å². The molecule has 0 aliphatic carbocycles. The molecular formula is C13H16N4. The molecule has 3 rings (SSSR count). The van der Waals surface area contributed by atoms with E-state index in [0.29, 0.717) is 6.04 Å². The molecule has 0 aromatic carbocycles. The summed E-state index contributed by atoms with van der Waals surface area (Å²) in [6, 6.07) is 6.54. The van der Waals surface area contributed by atoms with Crippen molar-refractivity contribution in [2.45, 2.75) is 18.9 Å². The van der Waals surface area contributed by atoms with Gasteiger partial charge in [0.05, 0.1) is 11.7 Å². The molecule has 4 heteroatoms. The van der Waals surface area contributed by atoms with Crippen molar-refractivity contribution in [2.24, 2.45) is 0 Å². The summed E-state index contributed by atoms with van der Waals surface area (Å²) in [6.07, 6.45) is 8.14. The molecule has 1 unspecified atom stereocenters. The van der Waals surface area contributed by atoms with Gasteiger partial charge in [-0.15, -0.1) is 0 Å². The van der Waals surface area contributed by atoms with Crippen molar-refractivity contribution in [3.05, 3.63) is 36.8 Å². The molecule has 88 valence electrons. The highest BCUT2D eigenvalue weighted by molar-refractivity contribution is 5.56. The molecule has 0 amide bonds. The van der Waals surface area contributed by atoms with Crippen LogP contribution >= 0.6 is 0 Å². The van der Waals surface area contributed by atoms with Crippen LogP contribution in [0.15, 0.2) is 36.8 Å². The molecule has 2 aromatic heterocycles. The van der Waals surface area contributed by atoms with E-state index in [0.717, 1.165) is 24.3 Å². The van der Waals surface area contributed by atoms with E-state index in [2.05, 4.69) is 32.3 Å². The topological polar surface area (TPSA) is 42.7 Å². The molecule has 2 aromatic rings. The van der Waals surface area contributed by atoms with Gasteiger partial charge in [-0.2, -0.15) is 5.10 Å². The Kier molecular flexibility index (Phi) is 2.88. The van der Waals surface area contributed by atoms with E-state index in [9.17, 15) is 0 Å². The molecule has 1 saturated heterocycles. The zero-order valence-corrected chi connectivity index (χ0v) is 9.71. The molecule has 0 bridgehead atoms. The lowest BCUT2D eigenvalue weighted by Crippen LogP contribution is -2.31. The zero-order chi connectivity index (χ0) is 11.5. The first-order chi connectivity index (χ1) is 8.43. The zero-order valence-electron chi connectivity index (χ0n) is 9.71. The Balaban J connectivity index is 1.83. The lowest BCUT2D eigenvalue weighted by Gasteiger charge is -2.22. The van der Waals surface area contributed by atoms with Gasteiger partial charge < -0.3 is 5.32 Å². The van der Waals surface area contributed by atoms with Crippen LogP contribution in [0.5, 0.6) is 0 Å². The van der Waals surface area contributed by atoms with Crippen molar-refractivity contribution in [3.63, 3.8) is 0 Å². The van der Waals surface area contributed by atoms with Gasteiger partial charge in [-0.05, 0) is 37.6 Å². The minimum atomic E-state index is 0.495. The number of hydrogen-bond acceptors (Lipinski definition) is 3. The Hall–Kier alpha value is -1.68. The molecule has 1 aliphatic heterocycles. The maximum Gasteiger partial charge on any atom is 0.0938 e. The largest absolute Gasteiger partial charge is 0.315 e. The monoisotopic (exact) mass is 228 g/mol. The van der Waals surface area contributed by atoms with Crippen LogP contribution in [0.25, 0.3) is 11.3 Å². The third-order valence-corrected chi connectivity index (χ3v) is 3.21. The molecule has 4 nitrogen and oxygen atoms in total. The summed E-state index contributed by atoms with van der Waals surface area (Å²) in [5, 5.41) is 8.05. The van der Waals surface area contributed by atoms with Crippen molar-refractivity contribution in [1.82, 2.24) is 20.1 Å². The minimum Gasteiger partial charge on any atom is -0.315 e. The quantitative estimate of drug-likeness (QED) is 0.853. The Labute approximate surface area is 101 Å². The van der Waals surface area contributed by atoms with Crippen LogP contribution in [0.2, 0.25) is 0 Å². The SMILES string of the molecule is c1cncc(-c2ccn(C3CCCNC3)n2)c1. The van der Waals surface area contributed by atoms with Crippen molar-refractivity contribution < 1.29 is 0 Å². The number of piperidine rings is 1. The first-order valence-electron chi connectivity index (χ1n) is 6.10. The second-order valence-corrected chi connectivity index (χ2v) is 4.42. The van der Waals surface area contributed by atoms with Crippen molar-refractivity contribution >= 4 is 0 Å². The van der Waals surface area contributed by atoms with E-state index >= 15 is 0 Å². The third kappa shape index (κ3) is 2.22. The van der Waals surface area contributed by atoms with Gasteiger partial charge in [-0.1, -0.05) is 0 Å². The van der Waals surface area contributed by atoms with E-state index in [1.807, 2.05) is 18.3 Å². The normalized spacial score (nSPS) is 20.4. The minimum absolute atomic E-state index is 0.495. The van der Waals surface area contributed by atoms with Crippen LogP contribution in [0.3, 0.4) is 0 Å². The smallest absolute Gasteiger partial charge is 0.0938 e. The first kappa shape index (κ1) is 10.5. The maximum atomic E-state index is 4.64. The predicted molar refractivity (Wildman–Crippen MR) is 66.6 cm³/mol. The third-order valence-electron chi connectivity index (χ3n) is 3.21. The number of pyridine rings is 1. The summed E-state index contributed by atoms with van der Waals surface area (Å²) in [4.78, 5) is 4.12. The second-order valence-electron chi connectivity index (χ2n) is 4.42.